The number of benzene rings is 1. The molecule has 4 heteroatoms. The van der Waals surface area contributed by atoms with Crippen molar-refractivity contribution < 1.29 is 9.47 Å². The zero-order valence-corrected chi connectivity index (χ0v) is 11.9. The van der Waals surface area contributed by atoms with Crippen molar-refractivity contribution in [2.24, 2.45) is 0 Å². The Bertz CT molecular complexity index is 529. The molecule has 0 unspecified atom stereocenters. The normalized spacial score (nSPS) is 10.3. The Morgan fingerprint density at radius 2 is 2.00 bits per heavy atom. The summed E-state index contributed by atoms with van der Waals surface area (Å²) in [4.78, 5) is 4.24. The van der Waals surface area contributed by atoms with Crippen LogP contribution in [0.3, 0.4) is 0 Å². The maximum absolute atomic E-state index is 5.80. The summed E-state index contributed by atoms with van der Waals surface area (Å²) in [5.74, 6) is 1.52. The van der Waals surface area contributed by atoms with E-state index in [9.17, 15) is 0 Å². The third-order valence-corrected chi connectivity index (χ3v) is 2.79. The quantitative estimate of drug-likeness (QED) is 0.841. The fourth-order valence-electron chi connectivity index (χ4n) is 1.89. The molecule has 0 radical (unpaired) electrons. The molecule has 0 spiro atoms. The van der Waals surface area contributed by atoms with Crippen molar-refractivity contribution in [1.82, 2.24) is 10.3 Å². The summed E-state index contributed by atoms with van der Waals surface area (Å²) in [7, 11) is 1.92. The van der Waals surface area contributed by atoms with Crippen molar-refractivity contribution in [1.29, 1.82) is 0 Å². The minimum absolute atomic E-state index is 0.437. The predicted molar refractivity (Wildman–Crippen MR) is 78.9 cm³/mol. The van der Waals surface area contributed by atoms with Gasteiger partial charge in [0.2, 0.25) is 0 Å². The molecular formula is C16H20N2O2. The van der Waals surface area contributed by atoms with Crippen LogP contribution in [-0.4, -0.2) is 18.6 Å². The Balaban J connectivity index is 2.09. The van der Waals surface area contributed by atoms with Crippen LogP contribution in [0.4, 0.5) is 0 Å². The second kappa shape index (κ2) is 7.50. The van der Waals surface area contributed by atoms with Gasteiger partial charge in [-0.25, -0.2) is 0 Å². The minimum Gasteiger partial charge on any atom is -0.490 e. The van der Waals surface area contributed by atoms with E-state index in [2.05, 4.69) is 10.3 Å². The van der Waals surface area contributed by atoms with E-state index in [1.54, 1.807) is 6.20 Å². The Kier molecular flexibility index (Phi) is 5.38. The maximum atomic E-state index is 5.80. The van der Waals surface area contributed by atoms with Crippen LogP contribution in [0.25, 0.3) is 0 Å². The van der Waals surface area contributed by atoms with E-state index in [4.69, 9.17) is 9.47 Å². The third-order valence-electron chi connectivity index (χ3n) is 2.79. The van der Waals surface area contributed by atoms with Gasteiger partial charge in [-0.05, 0) is 43.8 Å². The van der Waals surface area contributed by atoms with Crippen molar-refractivity contribution in [2.75, 3.05) is 13.7 Å². The molecule has 20 heavy (non-hydrogen) atoms. The van der Waals surface area contributed by atoms with Gasteiger partial charge in [-0.1, -0.05) is 12.1 Å². The number of nitrogens with one attached hydrogen (secondary N) is 1. The first-order valence-corrected chi connectivity index (χ1v) is 6.76. The maximum Gasteiger partial charge on any atom is 0.161 e. The molecule has 0 amide bonds. The lowest BCUT2D eigenvalue weighted by Crippen LogP contribution is -2.06. The number of hydrogen-bond donors (Lipinski definition) is 1. The van der Waals surface area contributed by atoms with Gasteiger partial charge in [0, 0.05) is 12.7 Å². The number of ether oxygens (including phenoxy) is 2. The molecule has 0 saturated carbocycles. The van der Waals surface area contributed by atoms with E-state index < -0.39 is 0 Å². The standard InChI is InChI=1S/C16H20N2O2/c1-3-19-16-10-13(11-17-2)7-8-15(16)20-12-14-6-4-5-9-18-14/h4-10,17H,3,11-12H2,1-2H3. The van der Waals surface area contributed by atoms with E-state index >= 15 is 0 Å². The van der Waals surface area contributed by atoms with Crippen LogP contribution in [0.1, 0.15) is 18.2 Å². The summed E-state index contributed by atoms with van der Waals surface area (Å²) in [6.45, 7) is 3.82. The fourth-order valence-corrected chi connectivity index (χ4v) is 1.89. The van der Waals surface area contributed by atoms with Crippen molar-refractivity contribution in [3.05, 3.63) is 53.9 Å². The number of hydrogen-bond acceptors (Lipinski definition) is 4. The second-order valence-corrected chi connectivity index (χ2v) is 4.35. The molecule has 2 aromatic rings. The highest BCUT2D eigenvalue weighted by Gasteiger charge is 2.07. The summed E-state index contributed by atoms with van der Waals surface area (Å²) in [6, 6.07) is 11.8. The van der Waals surface area contributed by atoms with Crippen LogP contribution >= 0.6 is 0 Å². The lowest BCUT2D eigenvalue weighted by molar-refractivity contribution is 0.266. The molecule has 106 valence electrons. The summed E-state index contributed by atoms with van der Waals surface area (Å²) in [5.41, 5.74) is 2.07. The van der Waals surface area contributed by atoms with E-state index in [0.29, 0.717) is 13.2 Å². The zero-order valence-electron chi connectivity index (χ0n) is 11.9. The predicted octanol–water partition coefficient (Wildman–Crippen LogP) is 2.78. The number of pyridine rings is 1. The molecule has 1 heterocycles. The molecule has 1 aromatic carbocycles. The Labute approximate surface area is 119 Å². The number of rotatable bonds is 7. The molecule has 0 aliphatic carbocycles. The first-order valence-electron chi connectivity index (χ1n) is 6.76. The van der Waals surface area contributed by atoms with E-state index in [1.165, 1.54) is 5.56 Å². The molecule has 0 saturated heterocycles. The number of nitrogens with zero attached hydrogens (tertiary/aromatic N) is 1. The Morgan fingerprint density at radius 3 is 2.70 bits per heavy atom. The largest absolute Gasteiger partial charge is 0.490 e. The van der Waals surface area contributed by atoms with Crippen molar-refractivity contribution in [2.45, 2.75) is 20.1 Å². The van der Waals surface area contributed by atoms with Crippen LogP contribution in [0.15, 0.2) is 42.6 Å². The first kappa shape index (κ1) is 14.3. The van der Waals surface area contributed by atoms with Gasteiger partial charge in [-0.15, -0.1) is 0 Å². The van der Waals surface area contributed by atoms with E-state index in [0.717, 1.165) is 23.7 Å². The van der Waals surface area contributed by atoms with Gasteiger partial charge in [0.05, 0.1) is 12.3 Å². The van der Waals surface area contributed by atoms with Crippen LogP contribution in [-0.2, 0) is 13.2 Å². The van der Waals surface area contributed by atoms with Gasteiger partial charge in [-0.2, -0.15) is 0 Å². The molecule has 0 bridgehead atoms. The highest BCUT2D eigenvalue weighted by Crippen LogP contribution is 2.29. The monoisotopic (exact) mass is 272 g/mol. The Hall–Kier alpha value is -2.07. The molecule has 0 atom stereocenters. The average Bonchev–Trinajstić information content (AvgIpc) is 2.48. The summed E-state index contributed by atoms with van der Waals surface area (Å²) in [6.07, 6.45) is 1.76. The molecule has 4 nitrogen and oxygen atoms in total. The van der Waals surface area contributed by atoms with Gasteiger partial charge in [0.1, 0.15) is 6.61 Å². The number of aromatic nitrogens is 1. The molecule has 0 aliphatic heterocycles. The van der Waals surface area contributed by atoms with Crippen LogP contribution in [0, 0.1) is 0 Å². The first-order chi connectivity index (χ1) is 9.83. The molecule has 1 aromatic heterocycles. The van der Waals surface area contributed by atoms with Crippen LogP contribution in [0.2, 0.25) is 0 Å². The van der Waals surface area contributed by atoms with Crippen LogP contribution < -0.4 is 14.8 Å². The van der Waals surface area contributed by atoms with E-state index in [1.807, 2.05) is 50.4 Å². The topological polar surface area (TPSA) is 43.4 Å². The average molecular weight is 272 g/mol. The van der Waals surface area contributed by atoms with Gasteiger partial charge < -0.3 is 14.8 Å². The SMILES string of the molecule is CCOc1cc(CNC)ccc1OCc1ccccn1. The molecule has 2 rings (SSSR count). The highest BCUT2D eigenvalue weighted by molar-refractivity contribution is 5.43. The third kappa shape index (κ3) is 3.96. The Morgan fingerprint density at radius 1 is 1.10 bits per heavy atom. The van der Waals surface area contributed by atoms with Crippen molar-refractivity contribution in [3.63, 3.8) is 0 Å². The zero-order chi connectivity index (χ0) is 14.2. The summed E-state index contributed by atoms with van der Waals surface area (Å²) < 4.78 is 11.4. The van der Waals surface area contributed by atoms with E-state index in [-0.39, 0.29) is 0 Å². The summed E-state index contributed by atoms with van der Waals surface area (Å²) in [5, 5.41) is 3.12. The van der Waals surface area contributed by atoms with Gasteiger partial charge in [0.25, 0.3) is 0 Å². The fraction of sp³-hybridized carbons (Fsp3) is 0.312. The highest BCUT2D eigenvalue weighted by atomic mass is 16.5. The van der Waals surface area contributed by atoms with Crippen molar-refractivity contribution >= 4 is 0 Å². The smallest absolute Gasteiger partial charge is 0.161 e. The lowest BCUT2D eigenvalue weighted by Gasteiger charge is -2.13. The van der Waals surface area contributed by atoms with Gasteiger partial charge in [-0.3, -0.25) is 4.98 Å². The molecule has 0 aliphatic rings. The second-order valence-electron chi connectivity index (χ2n) is 4.35. The minimum atomic E-state index is 0.437. The molecule has 1 N–H and O–H groups in total. The molecule has 0 fully saturated rings. The van der Waals surface area contributed by atoms with Crippen molar-refractivity contribution in [3.8, 4) is 11.5 Å². The van der Waals surface area contributed by atoms with Gasteiger partial charge in [0.15, 0.2) is 11.5 Å². The van der Waals surface area contributed by atoms with Crippen LogP contribution in [0.5, 0.6) is 11.5 Å². The summed E-state index contributed by atoms with van der Waals surface area (Å²) >= 11 is 0. The molecular weight excluding hydrogens is 252 g/mol. The lowest BCUT2D eigenvalue weighted by atomic mass is 10.2. The van der Waals surface area contributed by atoms with Gasteiger partial charge >= 0.3 is 0 Å².